The molecule has 3 N–H and O–H groups in total. The van der Waals surface area contributed by atoms with Gasteiger partial charge in [0, 0.05) is 27.7 Å². The van der Waals surface area contributed by atoms with Crippen LogP contribution in [0.3, 0.4) is 0 Å². The minimum atomic E-state index is -1.22. The minimum absolute atomic E-state index is 0.0361. The Labute approximate surface area is 231 Å². The van der Waals surface area contributed by atoms with E-state index in [0.717, 1.165) is 0 Å². The van der Waals surface area contributed by atoms with Gasteiger partial charge in [-0.1, -0.05) is 6.07 Å². The summed E-state index contributed by atoms with van der Waals surface area (Å²) >= 11 is 1.33. The molecule has 0 bridgehead atoms. The van der Waals surface area contributed by atoms with Crippen molar-refractivity contribution in [3.63, 3.8) is 0 Å². The molecule has 208 valence electrons. The summed E-state index contributed by atoms with van der Waals surface area (Å²) in [5.41, 5.74) is 5.67. The van der Waals surface area contributed by atoms with E-state index in [-0.39, 0.29) is 47.0 Å². The summed E-state index contributed by atoms with van der Waals surface area (Å²) in [6.07, 6.45) is 0. The number of carbonyl (C=O) groups is 3. The van der Waals surface area contributed by atoms with Crippen molar-refractivity contribution < 1.29 is 33.7 Å². The van der Waals surface area contributed by atoms with Gasteiger partial charge in [-0.05, 0) is 59.9 Å². The van der Waals surface area contributed by atoms with Crippen LogP contribution in [0.5, 0.6) is 0 Å². The van der Waals surface area contributed by atoms with E-state index in [1.54, 1.807) is 53.7 Å². The fourth-order valence-electron chi connectivity index (χ4n) is 4.80. The number of rotatable bonds is 7. The van der Waals surface area contributed by atoms with Gasteiger partial charge in [-0.3, -0.25) is 4.79 Å². The molecule has 0 saturated heterocycles. The average molecular weight is 556 g/mol. The molecule has 0 amide bonds. The van der Waals surface area contributed by atoms with Gasteiger partial charge in [-0.25, -0.2) is 9.59 Å². The molecule has 1 aliphatic heterocycles. The van der Waals surface area contributed by atoms with Gasteiger partial charge in [0.15, 0.2) is 0 Å². The normalized spacial score (nSPS) is 17.6. The van der Waals surface area contributed by atoms with Gasteiger partial charge >= 0.3 is 17.9 Å². The summed E-state index contributed by atoms with van der Waals surface area (Å²) < 4.78 is 17.8. The van der Waals surface area contributed by atoms with Crippen LogP contribution < -0.4 is 5.73 Å². The summed E-state index contributed by atoms with van der Waals surface area (Å²) in [7, 11) is 0. The highest BCUT2D eigenvalue weighted by atomic mass is 32.1. The molecule has 11 heteroatoms. The van der Waals surface area contributed by atoms with Crippen molar-refractivity contribution in [2.24, 2.45) is 0 Å². The number of anilines is 1. The van der Waals surface area contributed by atoms with Crippen molar-refractivity contribution in [2.75, 3.05) is 18.9 Å². The number of hydrogen-bond donors (Lipinski definition) is 2. The number of aliphatic hydroxyl groups is 1. The number of aliphatic hydroxyl groups excluding tert-OH is 1. The van der Waals surface area contributed by atoms with Crippen LogP contribution >= 0.6 is 11.3 Å². The second kappa shape index (κ2) is 11.4. The monoisotopic (exact) mass is 555 g/mol. The molecule has 2 atom stereocenters. The predicted octanol–water partition coefficient (Wildman–Crippen LogP) is 4.87. The van der Waals surface area contributed by atoms with E-state index in [4.69, 9.17) is 19.9 Å². The van der Waals surface area contributed by atoms with E-state index >= 15 is 0 Å². The lowest BCUT2D eigenvalue weighted by atomic mass is 9.77. The fraction of sp³-hybridized carbons (Fsp3) is 0.429. The maximum atomic E-state index is 13.7. The summed E-state index contributed by atoms with van der Waals surface area (Å²) in [5.74, 6) is -4.89. The molecular formula is C28H33N3O7S. The van der Waals surface area contributed by atoms with Crippen LogP contribution in [-0.4, -0.2) is 46.4 Å². The second-order valence-electron chi connectivity index (χ2n) is 9.87. The molecule has 0 unspecified atom stereocenters. The van der Waals surface area contributed by atoms with E-state index in [1.165, 1.54) is 22.8 Å². The van der Waals surface area contributed by atoms with Crippen LogP contribution in [0, 0.1) is 11.3 Å². The summed E-state index contributed by atoms with van der Waals surface area (Å²) in [5, 5.41) is 22.7. The Hall–Kier alpha value is -4.04. The molecule has 2 aromatic heterocycles. The Morgan fingerprint density at radius 2 is 1.85 bits per heavy atom. The number of allylic oxidation sites excluding steroid dienone is 2. The third-order valence-corrected chi connectivity index (χ3v) is 7.08. The van der Waals surface area contributed by atoms with Crippen LogP contribution in [0.15, 0.2) is 28.8 Å². The Morgan fingerprint density at radius 1 is 1.21 bits per heavy atom. The van der Waals surface area contributed by atoms with Crippen molar-refractivity contribution in [1.29, 1.82) is 5.26 Å². The van der Waals surface area contributed by atoms with Gasteiger partial charge in [0.2, 0.25) is 0 Å². The molecule has 0 saturated carbocycles. The zero-order chi connectivity index (χ0) is 29.2. The van der Waals surface area contributed by atoms with Crippen LogP contribution in [0.2, 0.25) is 0 Å². The number of esters is 3. The number of hydrogen-bond acceptors (Lipinski definition) is 10. The van der Waals surface area contributed by atoms with E-state index in [2.05, 4.69) is 0 Å². The number of nitriles is 1. The number of nitrogens with two attached hydrogens (primary N) is 1. The first kappa shape index (κ1) is 29.5. The molecule has 1 aliphatic rings. The zero-order valence-corrected chi connectivity index (χ0v) is 23.9. The predicted molar refractivity (Wildman–Crippen MR) is 147 cm³/mol. The number of ether oxygens (including phenoxy) is 3. The first-order valence-corrected chi connectivity index (χ1v) is 13.3. The maximum absolute atomic E-state index is 13.7. The molecular weight excluding hydrogens is 522 g/mol. The molecule has 0 fully saturated rings. The van der Waals surface area contributed by atoms with Crippen molar-refractivity contribution in [1.82, 2.24) is 4.57 Å². The van der Waals surface area contributed by atoms with Crippen LogP contribution in [-0.2, 0) is 28.6 Å². The van der Waals surface area contributed by atoms with Crippen LogP contribution in [0.25, 0.3) is 11.3 Å². The first-order chi connectivity index (χ1) is 18.3. The molecule has 10 nitrogen and oxygen atoms in total. The lowest BCUT2D eigenvalue weighted by Gasteiger charge is -2.34. The number of fused-ring (bicyclic) bond motifs is 1. The van der Waals surface area contributed by atoms with Crippen LogP contribution in [0.4, 0.5) is 5.82 Å². The number of nitrogen functional groups attached to an aromatic ring is 1. The van der Waals surface area contributed by atoms with Gasteiger partial charge in [0.1, 0.15) is 40.3 Å². The molecule has 39 heavy (non-hydrogen) atoms. The highest BCUT2D eigenvalue weighted by molar-refractivity contribution is 7.10. The number of nitrogens with zero attached hydrogens (tertiary/aromatic N) is 2. The molecule has 0 aromatic carbocycles. The lowest BCUT2D eigenvalue weighted by Crippen LogP contribution is -2.34. The Kier molecular flexibility index (Phi) is 8.61. The van der Waals surface area contributed by atoms with Gasteiger partial charge in [0.05, 0.1) is 18.8 Å². The molecule has 3 rings (SSSR count). The Morgan fingerprint density at radius 3 is 2.33 bits per heavy atom. The SMILES string of the molecule is CCOC(=O)C1=C(C)n2c(N)c(C#N)c(/C(C(=O)OC(C)(C)C)=C(/C)O)c2[C@@H](C(=O)OCC)[C@@H]1c1cccs1. The largest absolute Gasteiger partial charge is 0.512 e. The Balaban J connectivity index is 2.54. The first-order valence-electron chi connectivity index (χ1n) is 12.5. The lowest BCUT2D eigenvalue weighted by molar-refractivity contribution is -0.148. The molecule has 0 aliphatic carbocycles. The van der Waals surface area contributed by atoms with E-state index in [0.29, 0.717) is 10.6 Å². The molecule has 3 heterocycles. The fourth-order valence-corrected chi connectivity index (χ4v) is 5.67. The van der Waals surface area contributed by atoms with Gasteiger partial charge in [-0.2, -0.15) is 5.26 Å². The van der Waals surface area contributed by atoms with Gasteiger partial charge in [0.25, 0.3) is 0 Å². The van der Waals surface area contributed by atoms with Crippen molar-refractivity contribution in [3.8, 4) is 6.07 Å². The quantitative estimate of drug-likeness (QED) is 0.211. The highest BCUT2D eigenvalue weighted by Crippen LogP contribution is 2.52. The molecule has 0 spiro atoms. The van der Waals surface area contributed by atoms with Gasteiger partial charge < -0.3 is 29.6 Å². The van der Waals surface area contributed by atoms with E-state index in [1.807, 2.05) is 11.4 Å². The van der Waals surface area contributed by atoms with Gasteiger partial charge in [-0.15, -0.1) is 11.3 Å². The summed E-state index contributed by atoms with van der Waals surface area (Å²) in [6.45, 7) is 11.3. The number of carbonyl (C=O) groups excluding carboxylic acids is 3. The maximum Gasteiger partial charge on any atom is 0.342 e. The third-order valence-electron chi connectivity index (χ3n) is 6.12. The molecule has 2 aromatic rings. The van der Waals surface area contributed by atoms with Crippen molar-refractivity contribution >= 4 is 46.3 Å². The zero-order valence-electron chi connectivity index (χ0n) is 23.1. The van der Waals surface area contributed by atoms with Crippen molar-refractivity contribution in [3.05, 3.63) is 50.5 Å². The highest BCUT2D eigenvalue weighted by Gasteiger charge is 2.49. The topological polar surface area (TPSA) is 154 Å². The van der Waals surface area contributed by atoms with Crippen molar-refractivity contribution in [2.45, 2.75) is 65.9 Å². The standard InChI is InChI=1S/C28H33N3O7S/c1-8-36-25(33)18-14(3)31-23(22(26(34)37-9-2)21(18)17-11-10-12-39-17)20(16(13-29)24(31)30)19(15(4)32)27(35)38-28(5,6)7/h10-12,21-22,32H,8-9,30H2,1-7H3/b19-15+/t21-,22+/m1/s1. The molecule has 0 radical (unpaired) electrons. The smallest absolute Gasteiger partial charge is 0.342 e. The third kappa shape index (κ3) is 5.43. The van der Waals surface area contributed by atoms with E-state index in [9.17, 15) is 24.8 Å². The summed E-state index contributed by atoms with van der Waals surface area (Å²) in [4.78, 5) is 41.2. The summed E-state index contributed by atoms with van der Waals surface area (Å²) in [6, 6.07) is 5.58. The number of thiophene rings is 1. The number of aromatic nitrogens is 1. The minimum Gasteiger partial charge on any atom is -0.512 e. The van der Waals surface area contributed by atoms with E-state index < -0.39 is 41.1 Å². The average Bonchev–Trinajstić information content (AvgIpc) is 3.45. The Bertz CT molecular complexity index is 1400. The van der Waals surface area contributed by atoms with Crippen LogP contribution in [0.1, 0.15) is 82.0 Å². The second-order valence-corrected chi connectivity index (χ2v) is 10.9.